The van der Waals surface area contributed by atoms with Crippen molar-refractivity contribution >= 4 is 43.5 Å². The van der Waals surface area contributed by atoms with E-state index in [2.05, 4.69) is 182 Å². The zero-order valence-corrected chi connectivity index (χ0v) is 31.8. The van der Waals surface area contributed by atoms with Gasteiger partial charge in [-0.05, 0) is 125 Å². The van der Waals surface area contributed by atoms with Gasteiger partial charge < -0.3 is 9.15 Å². The molecule has 59 heavy (non-hydrogen) atoms. The molecule has 10 aromatic carbocycles. The lowest BCUT2D eigenvalue weighted by Gasteiger charge is -2.30. The molecule has 0 fully saturated rings. The van der Waals surface area contributed by atoms with Crippen molar-refractivity contribution in [3.05, 3.63) is 216 Å². The molecule has 1 aromatic heterocycles. The molecule has 2 heterocycles. The number of rotatable bonds is 2. The molecule has 0 bridgehead atoms. The molecule has 0 saturated carbocycles. The summed E-state index contributed by atoms with van der Waals surface area (Å²) in [6.07, 6.45) is 0. The summed E-state index contributed by atoms with van der Waals surface area (Å²) in [5.41, 5.74) is 19.0. The number of fused-ring (bicyclic) bond motifs is 17. The molecule has 3 aliphatic rings. The van der Waals surface area contributed by atoms with Crippen LogP contribution in [0.4, 0.5) is 0 Å². The van der Waals surface area contributed by atoms with Crippen LogP contribution in [0.3, 0.4) is 0 Å². The van der Waals surface area contributed by atoms with Crippen LogP contribution in [0.1, 0.15) is 22.3 Å². The van der Waals surface area contributed by atoms with Crippen molar-refractivity contribution in [2.75, 3.05) is 0 Å². The van der Waals surface area contributed by atoms with Gasteiger partial charge in [0.05, 0.1) is 5.41 Å². The fraction of sp³-hybridized carbons (Fsp3) is 0.0175. The molecule has 0 N–H and O–H groups in total. The zero-order valence-electron chi connectivity index (χ0n) is 31.8. The number of benzene rings is 10. The summed E-state index contributed by atoms with van der Waals surface area (Å²) in [4.78, 5) is 0. The second-order valence-electron chi connectivity index (χ2n) is 16.2. The summed E-state index contributed by atoms with van der Waals surface area (Å²) in [6, 6.07) is 71.4. The van der Waals surface area contributed by atoms with Crippen LogP contribution < -0.4 is 4.74 Å². The Balaban J connectivity index is 1.05. The largest absolute Gasteiger partial charge is 0.456 e. The maximum atomic E-state index is 6.52. The molecule has 0 unspecified atom stereocenters. The van der Waals surface area contributed by atoms with Crippen LogP contribution in [0, 0.1) is 0 Å². The van der Waals surface area contributed by atoms with Gasteiger partial charge >= 0.3 is 0 Å². The molecule has 0 atom stereocenters. The fourth-order valence-corrected chi connectivity index (χ4v) is 11.1. The first-order valence-electron chi connectivity index (χ1n) is 20.4. The van der Waals surface area contributed by atoms with Crippen LogP contribution in [0.25, 0.3) is 99.1 Å². The molecule has 2 nitrogen and oxygen atoms in total. The highest BCUT2D eigenvalue weighted by molar-refractivity contribution is 6.14. The summed E-state index contributed by atoms with van der Waals surface area (Å²) in [5, 5.41) is 7.13. The Morgan fingerprint density at radius 1 is 0.305 bits per heavy atom. The van der Waals surface area contributed by atoms with Gasteiger partial charge in [0.1, 0.15) is 22.7 Å². The quantitative estimate of drug-likeness (QED) is 0.176. The molecule has 2 heteroatoms. The Hall–Kier alpha value is -7.68. The first-order valence-corrected chi connectivity index (χ1v) is 20.4. The lowest BCUT2D eigenvalue weighted by molar-refractivity contribution is 0.487. The number of ether oxygens (including phenoxy) is 1. The minimum absolute atomic E-state index is 0.453. The van der Waals surface area contributed by atoms with E-state index >= 15 is 0 Å². The van der Waals surface area contributed by atoms with Gasteiger partial charge in [-0.25, -0.2) is 0 Å². The monoisotopic (exact) mass is 748 g/mol. The van der Waals surface area contributed by atoms with Crippen molar-refractivity contribution in [3.63, 3.8) is 0 Å². The molecule has 1 aliphatic heterocycles. The van der Waals surface area contributed by atoms with E-state index in [0.29, 0.717) is 0 Å². The summed E-state index contributed by atoms with van der Waals surface area (Å²) < 4.78 is 12.9. The van der Waals surface area contributed by atoms with Gasteiger partial charge in [0, 0.05) is 21.7 Å². The predicted octanol–water partition coefficient (Wildman–Crippen LogP) is 15.3. The smallest absolute Gasteiger partial charge is 0.136 e. The highest BCUT2D eigenvalue weighted by Crippen LogP contribution is 2.64. The molecule has 1 spiro atoms. The van der Waals surface area contributed by atoms with Crippen molar-refractivity contribution in [1.29, 1.82) is 0 Å². The van der Waals surface area contributed by atoms with Crippen LogP contribution >= 0.6 is 0 Å². The van der Waals surface area contributed by atoms with Crippen LogP contribution in [-0.4, -0.2) is 0 Å². The Bertz CT molecular complexity index is 3610. The van der Waals surface area contributed by atoms with E-state index in [0.717, 1.165) is 50.0 Å². The Morgan fingerprint density at radius 2 is 0.898 bits per heavy atom. The average Bonchev–Trinajstić information content (AvgIpc) is 3.92. The van der Waals surface area contributed by atoms with Crippen LogP contribution in [0.5, 0.6) is 11.5 Å². The predicted molar refractivity (Wildman–Crippen MR) is 241 cm³/mol. The van der Waals surface area contributed by atoms with Crippen LogP contribution in [0.15, 0.2) is 199 Å². The molecule has 0 radical (unpaired) electrons. The number of para-hydroxylation sites is 2. The van der Waals surface area contributed by atoms with E-state index in [1.165, 1.54) is 82.9 Å². The van der Waals surface area contributed by atoms with Gasteiger partial charge in [0.25, 0.3) is 0 Å². The lowest BCUT2D eigenvalue weighted by Crippen LogP contribution is -2.25. The number of furan rings is 1. The van der Waals surface area contributed by atoms with Crippen LogP contribution in [0.2, 0.25) is 0 Å². The minimum atomic E-state index is -0.453. The standard InChI is InChI=1S/C57H32O2/c1-5-19-47-38(11-1)39-12-2-6-20-48(39)57(47)49-28-24-33(36-27-30-53-56-43(36)16-10-18-45(56)41-14-4-8-22-52(41)58-53)31-46(49)55-44-17-9-15-35(37(44)26-29-50(55)57)34-23-25-42-40-13-3-7-21-51(40)59-54(42)32-34/h1-32H. The summed E-state index contributed by atoms with van der Waals surface area (Å²) in [5.74, 6) is 1.81. The van der Waals surface area contributed by atoms with E-state index in [9.17, 15) is 0 Å². The third kappa shape index (κ3) is 3.96. The van der Waals surface area contributed by atoms with E-state index in [1.54, 1.807) is 0 Å². The second-order valence-corrected chi connectivity index (χ2v) is 16.2. The number of hydrogen-bond acceptors (Lipinski definition) is 2. The summed E-state index contributed by atoms with van der Waals surface area (Å²) in [6.45, 7) is 0. The Kier molecular flexibility index (Phi) is 5.99. The van der Waals surface area contributed by atoms with E-state index < -0.39 is 5.41 Å². The highest BCUT2D eigenvalue weighted by atomic mass is 16.5. The maximum Gasteiger partial charge on any atom is 0.136 e. The topological polar surface area (TPSA) is 22.4 Å². The fourth-order valence-electron chi connectivity index (χ4n) is 11.1. The van der Waals surface area contributed by atoms with Crippen molar-refractivity contribution in [2.24, 2.45) is 0 Å². The summed E-state index contributed by atoms with van der Waals surface area (Å²) in [7, 11) is 0. The van der Waals surface area contributed by atoms with E-state index in [1.807, 2.05) is 12.1 Å². The minimum Gasteiger partial charge on any atom is -0.456 e. The van der Waals surface area contributed by atoms with Crippen molar-refractivity contribution in [2.45, 2.75) is 5.41 Å². The van der Waals surface area contributed by atoms with E-state index in [-0.39, 0.29) is 0 Å². The molecular weight excluding hydrogens is 717 g/mol. The number of hydrogen-bond donors (Lipinski definition) is 0. The second kappa shape index (κ2) is 11.2. The van der Waals surface area contributed by atoms with Gasteiger partial charge in [-0.2, -0.15) is 0 Å². The van der Waals surface area contributed by atoms with Gasteiger partial charge in [-0.3, -0.25) is 0 Å². The highest BCUT2D eigenvalue weighted by Gasteiger charge is 2.52. The van der Waals surface area contributed by atoms with Gasteiger partial charge in [0.2, 0.25) is 0 Å². The molecule has 272 valence electrons. The van der Waals surface area contributed by atoms with Crippen molar-refractivity contribution in [3.8, 4) is 67.1 Å². The van der Waals surface area contributed by atoms with Crippen molar-refractivity contribution < 1.29 is 9.15 Å². The first-order chi connectivity index (χ1) is 29.3. The molecule has 2 aliphatic carbocycles. The molecule has 0 amide bonds. The Labute approximate surface area is 340 Å². The van der Waals surface area contributed by atoms with Gasteiger partial charge in [-0.15, -0.1) is 0 Å². The third-order valence-corrected chi connectivity index (χ3v) is 13.5. The molecule has 14 rings (SSSR count). The normalized spacial score (nSPS) is 13.7. The Morgan fingerprint density at radius 3 is 1.76 bits per heavy atom. The van der Waals surface area contributed by atoms with Gasteiger partial charge in [-0.1, -0.05) is 158 Å². The SMILES string of the molecule is c1ccc2c(c1)Oc1ccc(-c3ccc4c(c3)-c3c(ccc5c(-c6ccc7c(c6)oc6ccccc67)cccc35)C43c4ccccc4-c4ccccc43)c3cccc-2c13. The molecule has 0 saturated heterocycles. The van der Waals surface area contributed by atoms with Crippen LogP contribution in [-0.2, 0) is 5.41 Å². The lowest BCUT2D eigenvalue weighted by atomic mass is 9.70. The maximum absolute atomic E-state index is 6.52. The van der Waals surface area contributed by atoms with Crippen molar-refractivity contribution in [1.82, 2.24) is 0 Å². The average molecular weight is 749 g/mol. The third-order valence-electron chi connectivity index (χ3n) is 13.5. The first kappa shape index (κ1) is 31.4. The zero-order chi connectivity index (χ0) is 38.4. The summed E-state index contributed by atoms with van der Waals surface area (Å²) >= 11 is 0. The molecular formula is C57H32O2. The van der Waals surface area contributed by atoms with Gasteiger partial charge in [0.15, 0.2) is 0 Å². The molecule has 11 aromatic rings. The van der Waals surface area contributed by atoms with E-state index in [4.69, 9.17) is 9.15 Å².